The lowest BCUT2D eigenvalue weighted by Gasteiger charge is -2.27. The Morgan fingerprint density at radius 3 is 2.48 bits per heavy atom. The fourth-order valence-electron chi connectivity index (χ4n) is 2.66. The van der Waals surface area contributed by atoms with E-state index in [0.717, 1.165) is 0 Å². The largest absolute Gasteiger partial charge is 0.394 e. The third kappa shape index (κ3) is 2.70. The highest BCUT2D eigenvalue weighted by Gasteiger charge is 2.45. The normalized spacial score (nSPS) is 35.4. The summed E-state index contributed by atoms with van der Waals surface area (Å²) < 4.78 is 6.90. The number of rotatable bonds is 2. The van der Waals surface area contributed by atoms with E-state index >= 15 is 0 Å². The second-order valence-electron chi connectivity index (χ2n) is 5.33. The zero-order valence-electron chi connectivity index (χ0n) is 11.8. The van der Waals surface area contributed by atoms with Crippen molar-refractivity contribution in [1.82, 2.24) is 14.5 Å². The summed E-state index contributed by atoms with van der Waals surface area (Å²) in [5.41, 5.74) is 0.337. The van der Waals surface area contributed by atoms with Crippen LogP contribution >= 0.6 is 11.6 Å². The van der Waals surface area contributed by atoms with Crippen LogP contribution in [0.4, 0.5) is 0 Å². The van der Waals surface area contributed by atoms with Crippen molar-refractivity contribution in [2.45, 2.75) is 36.7 Å². The first kappa shape index (κ1) is 16.5. The molecule has 2 aromatic rings. The fraction of sp³-hybridized carbons (Fsp3) is 0.538. The van der Waals surface area contributed by atoms with Crippen LogP contribution in [-0.2, 0) is 4.74 Å². The maximum atomic E-state index is 10.3. The molecular formula is C13H16ClN3O6. The smallest absolute Gasteiger partial charge is 0.164 e. The van der Waals surface area contributed by atoms with Crippen molar-refractivity contribution in [3.63, 3.8) is 0 Å². The lowest BCUT2D eigenvalue weighted by Crippen LogP contribution is -2.47. The molecule has 1 saturated heterocycles. The number of aromatic nitrogens is 3. The molecule has 10 heteroatoms. The molecule has 23 heavy (non-hydrogen) atoms. The lowest BCUT2D eigenvalue weighted by molar-refractivity contribution is -0.149. The SMILES string of the molecule is OCC1OC(n2ccc3c(Cl)ncnc32)C(O)[C@@H](O)C(O)[C@@H]1O. The van der Waals surface area contributed by atoms with E-state index in [1.165, 1.54) is 17.1 Å². The van der Waals surface area contributed by atoms with Gasteiger partial charge in [0.1, 0.15) is 47.6 Å². The molecule has 3 rings (SSSR count). The quantitative estimate of drug-likeness (QED) is 0.411. The van der Waals surface area contributed by atoms with Crippen LogP contribution in [0.1, 0.15) is 6.23 Å². The Bertz CT molecular complexity index is 695. The molecule has 0 amide bonds. The zero-order chi connectivity index (χ0) is 16.7. The highest BCUT2D eigenvalue weighted by atomic mass is 35.5. The molecule has 0 aromatic carbocycles. The van der Waals surface area contributed by atoms with Crippen LogP contribution < -0.4 is 0 Å². The minimum atomic E-state index is -1.68. The molecule has 9 nitrogen and oxygen atoms in total. The van der Waals surface area contributed by atoms with Gasteiger partial charge in [0.05, 0.1) is 12.0 Å². The number of nitrogens with zero attached hydrogens (tertiary/aromatic N) is 3. The molecule has 126 valence electrons. The van der Waals surface area contributed by atoms with Crippen LogP contribution in [0.3, 0.4) is 0 Å². The molecule has 0 spiro atoms. The molecule has 6 atom stereocenters. The average molecular weight is 346 g/mol. The van der Waals surface area contributed by atoms with Gasteiger partial charge < -0.3 is 34.8 Å². The van der Waals surface area contributed by atoms with E-state index in [0.29, 0.717) is 11.0 Å². The summed E-state index contributed by atoms with van der Waals surface area (Å²) in [7, 11) is 0. The first-order valence-electron chi connectivity index (χ1n) is 6.91. The number of hydrogen-bond acceptors (Lipinski definition) is 8. The van der Waals surface area contributed by atoms with E-state index in [-0.39, 0.29) is 5.15 Å². The van der Waals surface area contributed by atoms with Crippen molar-refractivity contribution in [3.8, 4) is 0 Å². The van der Waals surface area contributed by atoms with Gasteiger partial charge in [-0.1, -0.05) is 11.6 Å². The molecule has 4 unspecified atom stereocenters. The van der Waals surface area contributed by atoms with E-state index in [1.54, 1.807) is 6.07 Å². The first-order valence-corrected chi connectivity index (χ1v) is 7.29. The summed E-state index contributed by atoms with van der Waals surface area (Å²) in [5.74, 6) is 0. The van der Waals surface area contributed by atoms with Gasteiger partial charge >= 0.3 is 0 Å². The predicted molar refractivity (Wildman–Crippen MR) is 77.6 cm³/mol. The standard InChI is InChI=1S/C13H16ClN3O6/c14-11-5-1-2-17(12(5)16-4-15-11)13-10(22)9(21)8(20)7(19)6(3-18)23-13/h1-2,4,6-10,13,18-22H,3H2/t6?,7-,8?,9+,10?,13?/m1/s1. The van der Waals surface area contributed by atoms with E-state index < -0.39 is 43.4 Å². The number of hydrogen-bond donors (Lipinski definition) is 5. The molecular weight excluding hydrogens is 330 g/mol. The van der Waals surface area contributed by atoms with Crippen LogP contribution in [0, 0.1) is 0 Å². The number of aliphatic hydroxyl groups excluding tert-OH is 5. The van der Waals surface area contributed by atoms with Gasteiger partial charge in [-0.3, -0.25) is 0 Å². The van der Waals surface area contributed by atoms with Gasteiger partial charge in [-0.15, -0.1) is 0 Å². The summed E-state index contributed by atoms with van der Waals surface area (Å²) in [5, 5.41) is 50.1. The Labute approximate surface area is 135 Å². The van der Waals surface area contributed by atoms with Crippen molar-refractivity contribution in [1.29, 1.82) is 0 Å². The van der Waals surface area contributed by atoms with Gasteiger partial charge in [-0.2, -0.15) is 0 Å². The Morgan fingerprint density at radius 2 is 1.78 bits per heavy atom. The molecule has 3 heterocycles. The maximum Gasteiger partial charge on any atom is 0.164 e. The minimum Gasteiger partial charge on any atom is -0.394 e. The fourth-order valence-corrected chi connectivity index (χ4v) is 2.85. The highest BCUT2D eigenvalue weighted by Crippen LogP contribution is 2.31. The summed E-state index contributed by atoms with van der Waals surface area (Å²) in [6.07, 6.45) is -6.13. The minimum absolute atomic E-state index is 0.205. The molecule has 2 aromatic heterocycles. The number of ether oxygens (including phenoxy) is 1. The van der Waals surface area contributed by atoms with Crippen molar-refractivity contribution in [2.24, 2.45) is 0 Å². The third-order valence-corrected chi connectivity index (χ3v) is 4.25. The van der Waals surface area contributed by atoms with Crippen LogP contribution in [0.2, 0.25) is 5.15 Å². The average Bonchev–Trinajstić information content (AvgIpc) is 2.95. The van der Waals surface area contributed by atoms with E-state index in [4.69, 9.17) is 16.3 Å². The highest BCUT2D eigenvalue weighted by molar-refractivity contribution is 6.33. The second-order valence-corrected chi connectivity index (χ2v) is 5.69. The van der Waals surface area contributed by atoms with Gasteiger partial charge in [0.25, 0.3) is 0 Å². The molecule has 0 bridgehead atoms. The van der Waals surface area contributed by atoms with Crippen LogP contribution in [0.15, 0.2) is 18.6 Å². The van der Waals surface area contributed by atoms with Gasteiger partial charge in [0.15, 0.2) is 6.23 Å². The molecule has 1 fully saturated rings. The van der Waals surface area contributed by atoms with Crippen molar-refractivity contribution < 1.29 is 30.3 Å². The molecule has 0 saturated carbocycles. The van der Waals surface area contributed by atoms with Gasteiger partial charge in [-0.25, -0.2) is 9.97 Å². The van der Waals surface area contributed by atoms with Gasteiger partial charge in [0.2, 0.25) is 0 Å². The lowest BCUT2D eigenvalue weighted by atomic mass is 10.0. The Balaban J connectivity index is 2.06. The Kier molecular flexibility index (Phi) is 4.52. The van der Waals surface area contributed by atoms with Crippen LogP contribution in [0.25, 0.3) is 11.0 Å². The summed E-state index contributed by atoms with van der Waals surface area (Å²) in [6.45, 7) is -0.608. The van der Waals surface area contributed by atoms with E-state index in [9.17, 15) is 25.5 Å². The van der Waals surface area contributed by atoms with Gasteiger partial charge in [-0.05, 0) is 6.07 Å². The van der Waals surface area contributed by atoms with Crippen LogP contribution in [-0.4, -0.2) is 77.2 Å². The number of aliphatic hydroxyl groups is 5. The van der Waals surface area contributed by atoms with E-state index in [2.05, 4.69) is 9.97 Å². The monoisotopic (exact) mass is 345 g/mol. The number of fused-ring (bicyclic) bond motifs is 1. The predicted octanol–water partition coefficient (Wildman–Crippen LogP) is -1.58. The molecule has 5 N–H and O–H groups in total. The molecule has 1 aliphatic heterocycles. The maximum absolute atomic E-state index is 10.3. The summed E-state index contributed by atoms with van der Waals surface area (Å²) in [4.78, 5) is 7.91. The molecule has 0 aliphatic carbocycles. The van der Waals surface area contributed by atoms with Crippen molar-refractivity contribution in [3.05, 3.63) is 23.7 Å². The molecule has 1 aliphatic rings. The number of halogens is 1. The topological polar surface area (TPSA) is 141 Å². The summed E-state index contributed by atoms with van der Waals surface area (Å²) >= 11 is 5.97. The second kappa shape index (κ2) is 6.29. The third-order valence-electron chi connectivity index (χ3n) is 3.95. The van der Waals surface area contributed by atoms with Crippen LogP contribution in [0.5, 0.6) is 0 Å². The Morgan fingerprint density at radius 1 is 1.09 bits per heavy atom. The van der Waals surface area contributed by atoms with Gasteiger partial charge in [0, 0.05) is 6.20 Å². The van der Waals surface area contributed by atoms with E-state index in [1.807, 2.05) is 0 Å². The Hall–Kier alpha value is -1.33. The van der Waals surface area contributed by atoms with Crippen molar-refractivity contribution in [2.75, 3.05) is 6.61 Å². The van der Waals surface area contributed by atoms with Crippen molar-refractivity contribution >= 4 is 22.6 Å². The summed E-state index contributed by atoms with van der Waals surface area (Å²) in [6, 6.07) is 1.60. The zero-order valence-corrected chi connectivity index (χ0v) is 12.5. The first-order chi connectivity index (χ1) is 11.0. The molecule has 0 radical (unpaired) electrons.